The highest BCUT2D eigenvalue weighted by Crippen LogP contribution is 2.33. The predicted molar refractivity (Wildman–Crippen MR) is 79.9 cm³/mol. The van der Waals surface area contributed by atoms with Crippen LogP contribution >= 0.6 is 12.6 Å². The molecule has 20 heavy (non-hydrogen) atoms. The lowest BCUT2D eigenvalue weighted by Crippen LogP contribution is -2.61. The second-order valence-corrected chi connectivity index (χ2v) is 7.06. The number of hydrogen-bond acceptors (Lipinski definition) is 4. The van der Waals surface area contributed by atoms with Gasteiger partial charge in [0.05, 0.1) is 11.5 Å². The molecule has 0 spiro atoms. The first-order valence-electron chi connectivity index (χ1n) is 6.99. The summed E-state index contributed by atoms with van der Waals surface area (Å²) in [5.41, 5.74) is -0.346. The van der Waals surface area contributed by atoms with Gasteiger partial charge in [-0.2, -0.15) is 21.9 Å². The number of rotatable bonds is 3. The second-order valence-electron chi connectivity index (χ2n) is 6.69. The van der Waals surface area contributed by atoms with Crippen LogP contribution in [-0.4, -0.2) is 51.6 Å². The first kappa shape index (κ1) is 17.5. The van der Waals surface area contributed by atoms with Crippen molar-refractivity contribution in [3.8, 4) is 0 Å². The van der Waals surface area contributed by atoms with Crippen LogP contribution in [0.2, 0.25) is 0 Å². The smallest absolute Gasteiger partial charge is 0.435 e. The van der Waals surface area contributed by atoms with Gasteiger partial charge in [-0.1, -0.05) is 0 Å². The van der Waals surface area contributed by atoms with Gasteiger partial charge in [0.1, 0.15) is 18.7 Å². The molecular formula is C14H26NO4S+. The van der Waals surface area contributed by atoms with Crippen molar-refractivity contribution in [3.63, 3.8) is 0 Å². The zero-order valence-electron chi connectivity index (χ0n) is 12.9. The number of hydrogen-bond donors (Lipinski definition) is 2. The van der Waals surface area contributed by atoms with Crippen molar-refractivity contribution in [1.82, 2.24) is 0 Å². The number of carboxylic acid groups (broad SMARTS) is 1. The molecule has 1 rings (SSSR count). The molecule has 0 bridgehead atoms. The highest BCUT2D eigenvalue weighted by Gasteiger charge is 2.58. The lowest BCUT2D eigenvalue weighted by atomic mass is 10.1. The zero-order chi connectivity index (χ0) is 15.7. The van der Waals surface area contributed by atoms with Crippen molar-refractivity contribution in [3.05, 3.63) is 0 Å². The molecule has 1 aliphatic rings. The molecule has 0 radical (unpaired) electrons. The molecule has 6 heteroatoms. The Morgan fingerprint density at radius 1 is 1.45 bits per heavy atom. The van der Waals surface area contributed by atoms with Crippen LogP contribution in [-0.2, 0) is 9.53 Å². The number of quaternary nitrogens is 1. The molecule has 1 unspecified atom stereocenters. The van der Waals surface area contributed by atoms with Gasteiger partial charge < -0.3 is 9.84 Å². The minimum Gasteiger partial charge on any atom is -0.435 e. The minimum atomic E-state index is -1.09. The molecule has 2 amide bonds. The molecule has 0 saturated carbocycles. The Labute approximate surface area is 126 Å². The number of amides is 2. The van der Waals surface area contributed by atoms with Gasteiger partial charge in [-0.15, -0.1) is 0 Å². The molecule has 4 atom stereocenters. The van der Waals surface area contributed by atoms with Crippen LogP contribution in [0.1, 0.15) is 41.0 Å². The van der Waals surface area contributed by atoms with Crippen LogP contribution in [0.3, 0.4) is 0 Å². The van der Waals surface area contributed by atoms with E-state index in [0.717, 1.165) is 0 Å². The number of carbonyl (C=O) groups excluding carboxylic acids is 1. The van der Waals surface area contributed by atoms with Gasteiger partial charge >= 0.3 is 12.0 Å². The van der Waals surface area contributed by atoms with E-state index in [1.165, 1.54) is 0 Å². The lowest BCUT2D eigenvalue weighted by molar-refractivity contribution is -0.795. The van der Waals surface area contributed by atoms with Gasteiger partial charge in [0, 0.05) is 12.2 Å². The third kappa shape index (κ3) is 3.35. The predicted octanol–water partition coefficient (Wildman–Crippen LogP) is 2.55. The Morgan fingerprint density at radius 3 is 2.40 bits per heavy atom. The summed E-state index contributed by atoms with van der Waals surface area (Å²) >= 11 is 4.12. The molecule has 0 aromatic heterocycles. The van der Waals surface area contributed by atoms with Crippen molar-refractivity contribution < 1.29 is 23.9 Å². The molecule has 0 aromatic carbocycles. The topological polar surface area (TPSA) is 63.6 Å². The average molecular weight is 304 g/mol. The Balaban J connectivity index is 3.03. The van der Waals surface area contributed by atoms with Gasteiger partial charge in [-0.3, -0.25) is 0 Å². The van der Waals surface area contributed by atoms with E-state index in [1.54, 1.807) is 6.92 Å². The summed E-state index contributed by atoms with van der Waals surface area (Å²) in [5.74, 6) is -0.311. The summed E-state index contributed by atoms with van der Waals surface area (Å²) in [4.78, 5) is 24.3. The summed E-state index contributed by atoms with van der Waals surface area (Å²) in [5, 5.41) is 9.64. The normalized spacial score (nSPS) is 32.1. The van der Waals surface area contributed by atoms with Crippen molar-refractivity contribution in [2.75, 3.05) is 12.3 Å². The first-order valence-corrected chi connectivity index (χ1v) is 7.62. The fraction of sp³-hybridized carbons (Fsp3) is 0.857. The van der Waals surface area contributed by atoms with E-state index in [9.17, 15) is 14.7 Å². The summed E-state index contributed by atoms with van der Waals surface area (Å²) < 4.78 is 5.35. The number of nitrogens with zero attached hydrogens (tertiary/aromatic N) is 1. The van der Waals surface area contributed by atoms with E-state index in [1.807, 2.05) is 27.7 Å². The van der Waals surface area contributed by atoms with E-state index >= 15 is 0 Å². The van der Waals surface area contributed by atoms with Gasteiger partial charge in [-0.25, -0.2) is 4.79 Å². The Bertz CT molecular complexity index is 393. The van der Waals surface area contributed by atoms with E-state index in [2.05, 4.69) is 12.6 Å². The van der Waals surface area contributed by atoms with Crippen molar-refractivity contribution >= 4 is 24.6 Å². The maximum atomic E-state index is 12.5. The highest BCUT2D eigenvalue weighted by molar-refractivity contribution is 7.80. The SMILES string of the molecule is CC(CS)C(=O)[N@@+]1(C(=O)O)C[C@H](OC(C)(C)C)C[C@H]1C. The van der Waals surface area contributed by atoms with E-state index in [0.29, 0.717) is 12.2 Å². The van der Waals surface area contributed by atoms with E-state index in [-0.39, 0.29) is 36.1 Å². The van der Waals surface area contributed by atoms with Crippen LogP contribution in [0, 0.1) is 5.92 Å². The summed E-state index contributed by atoms with van der Waals surface area (Å²) in [6.45, 7) is 9.54. The van der Waals surface area contributed by atoms with Crippen LogP contribution in [0.25, 0.3) is 0 Å². The van der Waals surface area contributed by atoms with Gasteiger partial charge in [-0.05, 0) is 34.6 Å². The molecule has 0 aromatic rings. The lowest BCUT2D eigenvalue weighted by Gasteiger charge is -2.31. The molecule has 1 N–H and O–H groups in total. The zero-order valence-corrected chi connectivity index (χ0v) is 13.8. The highest BCUT2D eigenvalue weighted by atomic mass is 32.1. The Hall–Kier alpha value is -0.590. The van der Waals surface area contributed by atoms with Crippen molar-refractivity contribution in [1.29, 1.82) is 0 Å². The number of imide groups is 1. The second kappa shape index (κ2) is 6.03. The molecular weight excluding hydrogens is 278 g/mol. The molecule has 0 aliphatic carbocycles. The van der Waals surface area contributed by atoms with E-state index < -0.39 is 10.6 Å². The molecule has 1 fully saturated rings. The fourth-order valence-electron chi connectivity index (χ4n) is 2.86. The standard InChI is InChI=1S/C14H25NO4S/c1-9(8-20)12(16)15(13(17)18)7-11(6-10(15)2)19-14(3,4)5/h9-11H,6-8H2,1-5H3,(H-,17,18,20)/p+1/t9?,10-,11-,15-/m1/s1. The summed E-state index contributed by atoms with van der Waals surface area (Å²) in [7, 11) is 0. The third-order valence-electron chi connectivity index (χ3n) is 3.80. The number of ether oxygens (including phenoxy) is 1. The monoisotopic (exact) mass is 304 g/mol. The van der Waals surface area contributed by atoms with Crippen LogP contribution in [0.4, 0.5) is 4.79 Å². The Kier molecular flexibility index (Phi) is 5.27. The largest absolute Gasteiger partial charge is 0.521 e. The van der Waals surface area contributed by atoms with Gasteiger partial charge in [0.25, 0.3) is 0 Å². The number of carbonyl (C=O) groups is 2. The van der Waals surface area contributed by atoms with Gasteiger partial charge in [0.15, 0.2) is 0 Å². The van der Waals surface area contributed by atoms with Crippen LogP contribution in [0.5, 0.6) is 0 Å². The number of thiol groups is 1. The molecule has 1 aliphatic heterocycles. The van der Waals surface area contributed by atoms with Crippen LogP contribution in [0.15, 0.2) is 0 Å². The fourth-order valence-corrected chi connectivity index (χ4v) is 3.02. The van der Waals surface area contributed by atoms with Crippen molar-refractivity contribution in [2.45, 2.75) is 58.8 Å². The van der Waals surface area contributed by atoms with Crippen molar-refractivity contribution in [2.24, 2.45) is 5.92 Å². The maximum Gasteiger partial charge on any atom is 0.521 e. The van der Waals surface area contributed by atoms with Gasteiger partial charge in [0.2, 0.25) is 0 Å². The molecule has 1 saturated heterocycles. The molecule has 5 nitrogen and oxygen atoms in total. The Morgan fingerprint density at radius 2 is 2.00 bits per heavy atom. The quantitative estimate of drug-likeness (QED) is 0.621. The van der Waals surface area contributed by atoms with Crippen LogP contribution < -0.4 is 0 Å². The maximum absolute atomic E-state index is 12.5. The molecule has 1 heterocycles. The van der Waals surface area contributed by atoms with E-state index in [4.69, 9.17) is 4.74 Å². The third-order valence-corrected chi connectivity index (χ3v) is 4.35. The average Bonchev–Trinajstić information content (AvgIpc) is 2.62. The molecule has 116 valence electrons. The first-order chi connectivity index (χ1) is 9.04. The minimum absolute atomic E-state index is 0.199. The summed E-state index contributed by atoms with van der Waals surface area (Å²) in [6.07, 6.45) is -0.720. The summed E-state index contributed by atoms with van der Waals surface area (Å²) in [6, 6.07) is -0.283. The number of likely N-dealkylation sites (tertiary alicyclic amines) is 1.